The van der Waals surface area contributed by atoms with Gasteiger partial charge in [0.25, 0.3) is 0 Å². The molecule has 96 valence electrons. The van der Waals surface area contributed by atoms with Crippen molar-refractivity contribution in [3.63, 3.8) is 0 Å². The summed E-state index contributed by atoms with van der Waals surface area (Å²) in [5, 5.41) is 11.7. The van der Waals surface area contributed by atoms with E-state index in [2.05, 4.69) is 5.32 Å². The number of hydrogen-bond acceptors (Lipinski definition) is 2. The van der Waals surface area contributed by atoms with E-state index in [4.69, 9.17) is 5.11 Å². The summed E-state index contributed by atoms with van der Waals surface area (Å²) in [6.07, 6.45) is 0.746. The first-order valence-electron chi connectivity index (χ1n) is 6.01. The molecule has 0 saturated heterocycles. The number of benzene rings is 1. The number of rotatable bonds is 4. The van der Waals surface area contributed by atoms with E-state index in [0.717, 1.165) is 12.0 Å². The maximum atomic E-state index is 12.0. The second-order valence-corrected chi connectivity index (χ2v) is 5.36. The molecule has 0 fully saturated rings. The average Bonchev–Trinajstić information content (AvgIpc) is 2.28. The zero-order chi connectivity index (χ0) is 13.3. The van der Waals surface area contributed by atoms with Gasteiger partial charge in [-0.3, -0.25) is 9.59 Å². The first-order valence-corrected chi connectivity index (χ1v) is 6.01. The highest BCUT2D eigenvalue weighted by Crippen LogP contribution is 2.34. The quantitative estimate of drug-likeness (QED) is 0.848. The van der Waals surface area contributed by atoms with Gasteiger partial charge in [-0.05, 0) is 31.4 Å². The first-order chi connectivity index (χ1) is 8.42. The number of amides is 1. The topological polar surface area (TPSA) is 66.4 Å². The van der Waals surface area contributed by atoms with E-state index >= 15 is 0 Å². The fourth-order valence-electron chi connectivity index (χ4n) is 2.00. The monoisotopic (exact) mass is 247 g/mol. The summed E-state index contributed by atoms with van der Waals surface area (Å²) < 4.78 is 0. The van der Waals surface area contributed by atoms with Crippen molar-refractivity contribution in [2.75, 3.05) is 6.54 Å². The number of carbonyl (C=O) groups is 2. The average molecular weight is 247 g/mol. The zero-order valence-corrected chi connectivity index (χ0v) is 10.6. The lowest BCUT2D eigenvalue weighted by Crippen LogP contribution is -2.42. The predicted molar refractivity (Wildman–Crippen MR) is 67.3 cm³/mol. The fourth-order valence-corrected chi connectivity index (χ4v) is 2.00. The number of hydrogen-bond donors (Lipinski definition) is 2. The third kappa shape index (κ3) is 2.23. The largest absolute Gasteiger partial charge is 0.481 e. The highest BCUT2D eigenvalue weighted by atomic mass is 16.4. The van der Waals surface area contributed by atoms with Crippen LogP contribution in [0.3, 0.4) is 0 Å². The smallest absolute Gasteiger partial charge is 0.310 e. The van der Waals surface area contributed by atoms with Gasteiger partial charge in [0.1, 0.15) is 0 Å². The molecule has 0 aromatic heterocycles. The molecule has 0 bridgehead atoms. The van der Waals surface area contributed by atoms with E-state index in [1.807, 2.05) is 24.3 Å². The van der Waals surface area contributed by atoms with Crippen LogP contribution < -0.4 is 5.32 Å². The molecule has 1 unspecified atom stereocenters. The fraction of sp³-hybridized carbons (Fsp3) is 0.429. The normalized spacial score (nSPS) is 17.6. The van der Waals surface area contributed by atoms with Crippen molar-refractivity contribution in [1.82, 2.24) is 5.32 Å². The second kappa shape index (κ2) is 4.44. The van der Waals surface area contributed by atoms with E-state index in [-0.39, 0.29) is 18.4 Å². The minimum absolute atomic E-state index is 0.0805. The molecule has 0 radical (unpaired) electrons. The maximum Gasteiger partial charge on any atom is 0.310 e. The molecule has 18 heavy (non-hydrogen) atoms. The minimum atomic E-state index is -0.932. The molecular weight excluding hydrogens is 230 g/mol. The van der Waals surface area contributed by atoms with Gasteiger partial charge in [0.05, 0.1) is 11.3 Å². The summed E-state index contributed by atoms with van der Waals surface area (Å²) in [7, 11) is 0. The Morgan fingerprint density at radius 1 is 1.39 bits per heavy atom. The standard InChI is InChI=1S/C14H17NO3/c1-14(2,13(17)18)8-15-12(16)11-7-9-5-3-4-6-10(9)11/h3-6,11H,7-8H2,1-2H3,(H,15,16)(H,17,18). The predicted octanol–water partition coefficient (Wildman–Crippen LogP) is 1.55. The van der Waals surface area contributed by atoms with Crippen LogP contribution in [-0.2, 0) is 16.0 Å². The van der Waals surface area contributed by atoms with Crippen LogP contribution in [0.25, 0.3) is 0 Å². The number of carboxylic acid groups (broad SMARTS) is 1. The molecule has 2 rings (SSSR count). The van der Waals surface area contributed by atoms with Gasteiger partial charge in [0.2, 0.25) is 5.91 Å². The van der Waals surface area contributed by atoms with Crippen molar-refractivity contribution in [3.05, 3.63) is 35.4 Å². The van der Waals surface area contributed by atoms with Crippen LogP contribution in [0.15, 0.2) is 24.3 Å². The van der Waals surface area contributed by atoms with Gasteiger partial charge < -0.3 is 10.4 Å². The summed E-state index contributed by atoms with van der Waals surface area (Å²) in [5.41, 5.74) is 1.33. The molecule has 0 spiro atoms. The molecule has 4 heteroatoms. The lowest BCUT2D eigenvalue weighted by Gasteiger charge is -2.30. The van der Waals surface area contributed by atoms with Crippen LogP contribution in [0.1, 0.15) is 30.9 Å². The number of nitrogens with one attached hydrogen (secondary N) is 1. The Morgan fingerprint density at radius 2 is 2.06 bits per heavy atom. The lowest BCUT2D eigenvalue weighted by atomic mass is 9.77. The molecule has 0 heterocycles. The second-order valence-electron chi connectivity index (χ2n) is 5.36. The molecular formula is C14H17NO3. The summed E-state index contributed by atoms with van der Waals surface area (Å²) in [6, 6.07) is 7.84. The Kier molecular flexibility index (Phi) is 3.11. The summed E-state index contributed by atoms with van der Waals surface area (Å²) >= 11 is 0. The zero-order valence-electron chi connectivity index (χ0n) is 10.6. The highest BCUT2D eigenvalue weighted by molar-refractivity contribution is 5.87. The van der Waals surface area contributed by atoms with Crippen LogP contribution in [0.5, 0.6) is 0 Å². The molecule has 2 N–H and O–H groups in total. The number of fused-ring (bicyclic) bond motifs is 1. The Balaban J connectivity index is 1.94. The van der Waals surface area contributed by atoms with Crippen LogP contribution >= 0.6 is 0 Å². The Bertz CT molecular complexity index is 494. The van der Waals surface area contributed by atoms with Gasteiger partial charge in [-0.25, -0.2) is 0 Å². The molecule has 4 nitrogen and oxygen atoms in total. The number of carbonyl (C=O) groups excluding carboxylic acids is 1. The Hall–Kier alpha value is -1.84. The minimum Gasteiger partial charge on any atom is -0.481 e. The first kappa shape index (κ1) is 12.6. The van der Waals surface area contributed by atoms with Crippen LogP contribution in [-0.4, -0.2) is 23.5 Å². The summed E-state index contributed by atoms with van der Waals surface area (Å²) in [5.74, 6) is -1.11. The van der Waals surface area contributed by atoms with Crippen LogP contribution in [0.4, 0.5) is 0 Å². The molecule has 0 aliphatic heterocycles. The Morgan fingerprint density at radius 3 is 2.67 bits per heavy atom. The van der Waals surface area contributed by atoms with E-state index in [1.54, 1.807) is 13.8 Å². The molecule has 1 aliphatic rings. The van der Waals surface area contributed by atoms with Gasteiger partial charge in [-0.1, -0.05) is 24.3 Å². The van der Waals surface area contributed by atoms with Crippen LogP contribution in [0.2, 0.25) is 0 Å². The maximum absolute atomic E-state index is 12.0. The summed E-state index contributed by atoms with van der Waals surface area (Å²) in [6.45, 7) is 3.36. The van der Waals surface area contributed by atoms with Crippen molar-refractivity contribution >= 4 is 11.9 Å². The van der Waals surface area contributed by atoms with Gasteiger partial charge in [-0.2, -0.15) is 0 Å². The molecule has 1 aliphatic carbocycles. The molecule has 0 saturated carbocycles. The van der Waals surface area contributed by atoms with Crippen molar-refractivity contribution in [1.29, 1.82) is 0 Å². The number of carboxylic acids is 1. The van der Waals surface area contributed by atoms with Gasteiger partial charge in [-0.15, -0.1) is 0 Å². The van der Waals surface area contributed by atoms with E-state index in [9.17, 15) is 9.59 Å². The van der Waals surface area contributed by atoms with E-state index in [1.165, 1.54) is 5.56 Å². The van der Waals surface area contributed by atoms with Gasteiger partial charge >= 0.3 is 5.97 Å². The van der Waals surface area contributed by atoms with E-state index in [0.29, 0.717) is 0 Å². The highest BCUT2D eigenvalue weighted by Gasteiger charge is 2.34. The van der Waals surface area contributed by atoms with Gasteiger partial charge in [0.15, 0.2) is 0 Å². The van der Waals surface area contributed by atoms with Crippen molar-refractivity contribution in [2.45, 2.75) is 26.2 Å². The molecule has 1 atom stereocenters. The third-order valence-corrected chi connectivity index (χ3v) is 3.45. The third-order valence-electron chi connectivity index (χ3n) is 3.45. The Labute approximate surface area is 106 Å². The summed E-state index contributed by atoms with van der Waals surface area (Å²) in [4.78, 5) is 22.9. The van der Waals surface area contributed by atoms with Crippen LogP contribution in [0, 0.1) is 5.41 Å². The molecule has 1 amide bonds. The lowest BCUT2D eigenvalue weighted by molar-refractivity contribution is -0.146. The van der Waals surface area contributed by atoms with Gasteiger partial charge in [0, 0.05) is 6.54 Å². The van der Waals surface area contributed by atoms with Crippen molar-refractivity contribution < 1.29 is 14.7 Å². The molecule has 1 aromatic carbocycles. The van der Waals surface area contributed by atoms with Crippen molar-refractivity contribution in [2.24, 2.45) is 5.41 Å². The number of aliphatic carboxylic acids is 1. The molecule has 1 aromatic rings. The van der Waals surface area contributed by atoms with Crippen molar-refractivity contribution in [3.8, 4) is 0 Å². The SMILES string of the molecule is CC(C)(CNC(=O)C1Cc2ccccc21)C(=O)O. The van der Waals surface area contributed by atoms with E-state index < -0.39 is 11.4 Å².